The van der Waals surface area contributed by atoms with Gasteiger partial charge in [0.05, 0.1) is 17.8 Å². The topological polar surface area (TPSA) is 95.3 Å². The van der Waals surface area contributed by atoms with Crippen molar-refractivity contribution in [2.75, 3.05) is 5.32 Å². The van der Waals surface area contributed by atoms with Crippen molar-refractivity contribution in [2.24, 2.45) is 0 Å². The van der Waals surface area contributed by atoms with Gasteiger partial charge in [0.2, 0.25) is 5.91 Å². The van der Waals surface area contributed by atoms with Crippen molar-refractivity contribution in [1.82, 2.24) is 9.97 Å². The van der Waals surface area contributed by atoms with Crippen molar-refractivity contribution in [3.05, 3.63) is 106 Å². The lowest BCUT2D eigenvalue weighted by Gasteiger charge is -2.23. The van der Waals surface area contributed by atoms with Crippen LogP contribution in [0.15, 0.2) is 72.8 Å². The summed E-state index contributed by atoms with van der Waals surface area (Å²) in [5.74, 6) is 0.259. The van der Waals surface area contributed by atoms with Gasteiger partial charge in [-0.25, -0.2) is 9.97 Å². The zero-order valence-electron chi connectivity index (χ0n) is 20.8. The van der Waals surface area contributed by atoms with Gasteiger partial charge in [-0.3, -0.25) is 4.79 Å². The van der Waals surface area contributed by atoms with E-state index < -0.39 is 6.10 Å². The number of benzene rings is 3. The molecule has 1 heterocycles. The molecule has 1 unspecified atom stereocenters. The summed E-state index contributed by atoms with van der Waals surface area (Å²) in [5, 5.41) is 24.0. The number of fused-ring (bicyclic) bond motifs is 3. The molecule has 0 saturated heterocycles. The van der Waals surface area contributed by atoms with Gasteiger partial charge in [-0.1, -0.05) is 74.0 Å². The van der Waals surface area contributed by atoms with Crippen molar-refractivity contribution in [3.8, 4) is 17.0 Å². The highest BCUT2D eigenvalue weighted by Crippen LogP contribution is 2.36. The molecule has 184 valence electrons. The lowest BCUT2D eigenvalue weighted by molar-refractivity contribution is -0.115. The van der Waals surface area contributed by atoms with Crippen LogP contribution < -0.4 is 5.32 Å². The quantitative estimate of drug-likeness (QED) is 0.348. The van der Waals surface area contributed by atoms with Crippen molar-refractivity contribution in [1.29, 1.82) is 0 Å². The van der Waals surface area contributed by atoms with Gasteiger partial charge in [0, 0.05) is 5.56 Å². The smallest absolute Gasteiger partial charge is 0.229 e. The summed E-state index contributed by atoms with van der Waals surface area (Å²) in [6.45, 7) is 6.00. The Morgan fingerprint density at radius 2 is 1.69 bits per heavy atom. The first-order valence-electron chi connectivity index (χ1n) is 12.3. The molecule has 0 radical (unpaired) electrons. The van der Waals surface area contributed by atoms with Gasteiger partial charge in [0.25, 0.3) is 0 Å². The molecule has 6 heteroatoms. The first kappa shape index (κ1) is 25.1. The molecule has 1 amide bonds. The molecule has 5 rings (SSSR count). The number of phenols is 1. The number of nitrogens with zero attached hydrogens (tertiary/aromatic N) is 2. The zero-order valence-corrected chi connectivity index (χ0v) is 20.8. The Kier molecular flexibility index (Phi) is 7.76. The Morgan fingerprint density at radius 3 is 2.42 bits per heavy atom. The lowest BCUT2D eigenvalue weighted by atomic mass is 9.91. The summed E-state index contributed by atoms with van der Waals surface area (Å²) >= 11 is 0. The summed E-state index contributed by atoms with van der Waals surface area (Å²) in [6, 6.07) is 22.2. The molecule has 0 saturated carbocycles. The van der Waals surface area contributed by atoms with Crippen LogP contribution in [0, 0.1) is 6.92 Å². The van der Waals surface area contributed by atoms with Gasteiger partial charge < -0.3 is 15.5 Å². The normalized spacial score (nSPS) is 12.4. The van der Waals surface area contributed by atoms with Crippen LogP contribution in [0.4, 0.5) is 5.82 Å². The second-order valence-corrected chi connectivity index (χ2v) is 8.62. The molecule has 0 fully saturated rings. The number of aromatic hydroxyl groups is 1. The number of aliphatic hydroxyl groups excluding tert-OH is 1. The van der Waals surface area contributed by atoms with Crippen LogP contribution in [0.5, 0.6) is 5.75 Å². The molecule has 6 nitrogen and oxygen atoms in total. The summed E-state index contributed by atoms with van der Waals surface area (Å²) in [7, 11) is 0. The molecule has 3 N–H and O–H groups in total. The number of aliphatic hydroxyl groups is 1. The Balaban J connectivity index is 0.00000148. The van der Waals surface area contributed by atoms with E-state index in [4.69, 9.17) is 9.97 Å². The van der Waals surface area contributed by atoms with Gasteiger partial charge in [-0.05, 0) is 54.7 Å². The minimum atomic E-state index is -1.06. The van der Waals surface area contributed by atoms with Crippen molar-refractivity contribution in [2.45, 2.75) is 46.1 Å². The van der Waals surface area contributed by atoms with Crippen molar-refractivity contribution in [3.63, 3.8) is 0 Å². The monoisotopic (exact) mass is 481 g/mol. The van der Waals surface area contributed by atoms with Crippen LogP contribution in [0.25, 0.3) is 11.3 Å². The van der Waals surface area contributed by atoms with Crippen molar-refractivity contribution >= 4 is 11.7 Å². The van der Waals surface area contributed by atoms with E-state index >= 15 is 0 Å². The van der Waals surface area contributed by atoms with E-state index in [-0.39, 0.29) is 23.9 Å². The molecule has 0 aliphatic heterocycles. The van der Waals surface area contributed by atoms with Gasteiger partial charge in [0.15, 0.2) is 5.82 Å². The van der Waals surface area contributed by atoms with E-state index in [2.05, 4.69) is 5.32 Å². The van der Waals surface area contributed by atoms with E-state index in [1.54, 1.807) is 12.1 Å². The molecule has 0 spiro atoms. The number of carbonyl (C=O) groups excluding carboxylic acids is 1. The molecule has 0 bridgehead atoms. The largest absolute Gasteiger partial charge is 0.508 e. The third-order valence-electron chi connectivity index (χ3n) is 6.09. The Bertz CT molecular complexity index is 1350. The number of rotatable bonds is 5. The van der Waals surface area contributed by atoms with E-state index in [9.17, 15) is 15.0 Å². The minimum Gasteiger partial charge on any atom is -0.508 e. The Morgan fingerprint density at radius 1 is 0.972 bits per heavy atom. The molecule has 1 aliphatic rings. The number of anilines is 1. The third-order valence-corrected chi connectivity index (χ3v) is 6.09. The summed E-state index contributed by atoms with van der Waals surface area (Å²) in [4.78, 5) is 22.5. The van der Waals surface area contributed by atoms with E-state index in [0.717, 1.165) is 27.9 Å². The fourth-order valence-electron chi connectivity index (χ4n) is 4.29. The predicted octanol–water partition coefficient (Wildman–Crippen LogP) is 5.55. The molecule has 1 aromatic heterocycles. The number of hydrogen-bond donors (Lipinski definition) is 3. The van der Waals surface area contributed by atoms with Crippen LogP contribution in [0.2, 0.25) is 0 Å². The number of hydrogen-bond acceptors (Lipinski definition) is 5. The third kappa shape index (κ3) is 5.44. The first-order chi connectivity index (χ1) is 17.5. The number of phenolic OH excluding ortho intramolecular Hbond substituents is 1. The van der Waals surface area contributed by atoms with Gasteiger partial charge >= 0.3 is 0 Å². The highest BCUT2D eigenvalue weighted by molar-refractivity contribution is 5.92. The molecule has 1 atom stereocenters. The first-order valence-corrected chi connectivity index (χ1v) is 12.3. The van der Waals surface area contributed by atoms with Gasteiger partial charge in [0.1, 0.15) is 17.5 Å². The number of carbonyl (C=O) groups is 1. The van der Waals surface area contributed by atoms with Gasteiger partial charge in [-0.2, -0.15) is 0 Å². The summed E-state index contributed by atoms with van der Waals surface area (Å²) in [6.07, 6.45) is 0.475. The second-order valence-electron chi connectivity index (χ2n) is 8.62. The average molecular weight is 482 g/mol. The summed E-state index contributed by atoms with van der Waals surface area (Å²) in [5.41, 5.74) is 6.27. The number of aryl methyl sites for hydroxylation is 3. The fraction of sp³-hybridized carbons (Fsp3) is 0.233. The second kappa shape index (κ2) is 11.1. The van der Waals surface area contributed by atoms with Crippen LogP contribution >= 0.6 is 0 Å². The van der Waals surface area contributed by atoms with Crippen LogP contribution in [-0.4, -0.2) is 26.1 Å². The van der Waals surface area contributed by atoms with E-state index in [1.807, 2.05) is 81.4 Å². The molecule has 1 aliphatic carbocycles. The Hall–Kier alpha value is -4.03. The molecule has 3 aromatic carbocycles. The van der Waals surface area contributed by atoms with Crippen LogP contribution in [-0.2, 0) is 24.1 Å². The SMILES string of the molecule is CC.Cc1ccc(CC(=O)Nc2nc3c(nc2C(O)c2ccccc2)-c2ccc(O)cc2CC3)cc1. The summed E-state index contributed by atoms with van der Waals surface area (Å²) < 4.78 is 0. The highest BCUT2D eigenvalue weighted by Gasteiger charge is 2.26. The van der Waals surface area contributed by atoms with Crippen molar-refractivity contribution < 1.29 is 15.0 Å². The van der Waals surface area contributed by atoms with Crippen LogP contribution in [0.1, 0.15) is 53.6 Å². The maximum Gasteiger partial charge on any atom is 0.229 e. The molecule has 4 aromatic rings. The number of aromatic nitrogens is 2. The molecular formula is C30H31N3O3. The number of nitrogens with one attached hydrogen (secondary N) is 1. The van der Waals surface area contributed by atoms with Gasteiger partial charge in [-0.15, -0.1) is 0 Å². The predicted molar refractivity (Wildman–Crippen MR) is 142 cm³/mol. The minimum absolute atomic E-state index is 0.196. The fourth-order valence-corrected chi connectivity index (χ4v) is 4.29. The van der Waals surface area contributed by atoms with E-state index in [1.165, 1.54) is 0 Å². The average Bonchev–Trinajstić information content (AvgIpc) is 2.90. The highest BCUT2D eigenvalue weighted by atomic mass is 16.3. The lowest BCUT2D eigenvalue weighted by Crippen LogP contribution is -2.21. The Labute approximate surface area is 211 Å². The molecular weight excluding hydrogens is 450 g/mol. The maximum atomic E-state index is 12.9. The number of amides is 1. The standard InChI is InChI=1S/C28H25N3O3.C2H6/c1-17-7-9-18(10-8-17)15-24(33)30-28-26(27(34)19-5-3-2-4-6-19)31-25-22-13-12-21(32)16-20(22)11-14-23(25)29-28;1-2/h2-10,12-13,16,27,32,34H,11,14-15H2,1H3,(H,29,30,33);1-2H3. The molecule has 36 heavy (non-hydrogen) atoms. The van der Waals surface area contributed by atoms with E-state index in [0.29, 0.717) is 29.8 Å². The zero-order chi connectivity index (χ0) is 25.7. The maximum absolute atomic E-state index is 12.9. The van der Waals surface area contributed by atoms with Crippen LogP contribution in [0.3, 0.4) is 0 Å².